The van der Waals surface area contributed by atoms with E-state index in [1.807, 2.05) is 0 Å². The van der Waals surface area contributed by atoms with Crippen LogP contribution in [0.3, 0.4) is 0 Å². The van der Waals surface area contributed by atoms with Gasteiger partial charge in [-0.25, -0.2) is 0 Å². The number of benzene rings is 1. The first kappa shape index (κ1) is 13.6. The molecule has 0 spiro atoms. The number of aromatic nitrogens is 2. The van der Waals surface area contributed by atoms with Crippen molar-refractivity contribution in [2.45, 2.75) is 53.0 Å². The predicted molar refractivity (Wildman–Crippen MR) is 90.1 cm³/mol. The van der Waals surface area contributed by atoms with Gasteiger partial charge in [-0.3, -0.25) is 0 Å². The van der Waals surface area contributed by atoms with E-state index in [-0.39, 0.29) is 0 Å². The molecule has 2 saturated carbocycles. The van der Waals surface area contributed by atoms with E-state index < -0.39 is 0 Å². The van der Waals surface area contributed by atoms with Crippen molar-refractivity contribution in [3.63, 3.8) is 0 Å². The molecule has 2 bridgehead atoms. The molecule has 2 fully saturated rings. The molecule has 3 heteroatoms. The van der Waals surface area contributed by atoms with Crippen molar-refractivity contribution in [3.8, 4) is 0 Å². The highest BCUT2D eigenvalue weighted by Gasteiger charge is 2.60. The van der Waals surface area contributed by atoms with Crippen molar-refractivity contribution in [3.05, 3.63) is 28.5 Å². The van der Waals surface area contributed by atoms with E-state index in [1.165, 1.54) is 35.9 Å². The average Bonchev–Trinajstić information content (AvgIpc) is 2.98. The monoisotopic (exact) mass is 300 g/mol. The summed E-state index contributed by atoms with van der Waals surface area (Å²) >= 11 is 5.72. The molecule has 2 aliphatic carbocycles. The molecular formula is C18H24N2S. The van der Waals surface area contributed by atoms with Gasteiger partial charge in [0.05, 0.1) is 11.0 Å². The summed E-state index contributed by atoms with van der Waals surface area (Å²) in [6.45, 7) is 9.58. The topological polar surface area (TPSA) is 20.7 Å². The smallest absolute Gasteiger partial charge is 0.178 e. The maximum absolute atomic E-state index is 5.72. The SMILES string of the molecule is Cc1cccc2[nH]c(=S)n(C3C4(C)CCC(C4)C3(C)C)c12. The van der Waals surface area contributed by atoms with E-state index in [9.17, 15) is 0 Å². The second-order valence-electron chi connectivity index (χ2n) is 8.09. The van der Waals surface area contributed by atoms with Crippen LogP contribution >= 0.6 is 12.2 Å². The van der Waals surface area contributed by atoms with Gasteiger partial charge in [-0.05, 0) is 66.8 Å². The largest absolute Gasteiger partial charge is 0.331 e. The van der Waals surface area contributed by atoms with Gasteiger partial charge in [0.2, 0.25) is 0 Å². The molecule has 1 aromatic carbocycles. The molecule has 3 atom stereocenters. The van der Waals surface area contributed by atoms with Gasteiger partial charge in [-0.2, -0.15) is 0 Å². The molecule has 0 saturated heterocycles. The molecule has 1 aromatic heterocycles. The molecule has 2 aliphatic rings. The molecule has 0 radical (unpaired) electrons. The fraction of sp³-hybridized carbons (Fsp3) is 0.611. The van der Waals surface area contributed by atoms with Gasteiger partial charge >= 0.3 is 0 Å². The Morgan fingerprint density at radius 3 is 2.71 bits per heavy atom. The number of nitrogens with zero attached hydrogens (tertiary/aromatic N) is 1. The van der Waals surface area contributed by atoms with Crippen molar-refractivity contribution >= 4 is 23.3 Å². The third-order valence-corrected chi connectivity index (χ3v) is 6.69. The Bertz CT molecular complexity index is 777. The number of imidazole rings is 1. The molecule has 2 aromatic rings. The van der Waals surface area contributed by atoms with Crippen molar-refractivity contribution < 1.29 is 0 Å². The van der Waals surface area contributed by atoms with Crippen molar-refractivity contribution in [2.75, 3.05) is 0 Å². The zero-order chi connectivity index (χ0) is 15.0. The highest BCUT2D eigenvalue weighted by atomic mass is 32.1. The molecule has 0 amide bonds. The fourth-order valence-corrected chi connectivity index (χ4v) is 5.83. The highest BCUT2D eigenvalue weighted by molar-refractivity contribution is 7.71. The van der Waals surface area contributed by atoms with Gasteiger partial charge < -0.3 is 9.55 Å². The van der Waals surface area contributed by atoms with Crippen LogP contribution in [0.4, 0.5) is 0 Å². The lowest BCUT2D eigenvalue weighted by atomic mass is 9.68. The minimum atomic E-state index is 0.322. The second-order valence-corrected chi connectivity index (χ2v) is 8.48. The van der Waals surface area contributed by atoms with Crippen molar-refractivity contribution in [1.29, 1.82) is 0 Å². The summed E-state index contributed by atoms with van der Waals surface area (Å²) in [4.78, 5) is 3.44. The summed E-state index contributed by atoms with van der Waals surface area (Å²) in [6, 6.07) is 6.97. The molecule has 2 nitrogen and oxygen atoms in total. The lowest BCUT2D eigenvalue weighted by Crippen LogP contribution is -2.37. The Hall–Kier alpha value is -1.09. The quantitative estimate of drug-likeness (QED) is 0.700. The Balaban J connectivity index is 2.03. The molecule has 4 rings (SSSR count). The predicted octanol–water partition coefficient (Wildman–Crippen LogP) is 5.39. The van der Waals surface area contributed by atoms with Crippen LogP contribution < -0.4 is 0 Å². The second kappa shape index (κ2) is 4.01. The molecule has 21 heavy (non-hydrogen) atoms. The van der Waals surface area contributed by atoms with Crippen LogP contribution in [0.25, 0.3) is 11.0 Å². The third kappa shape index (κ3) is 1.61. The van der Waals surface area contributed by atoms with Crippen LogP contribution in [0.5, 0.6) is 0 Å². The summed E-state index contributed by atoms with van der Waals surface area (Å²) in [5, 5.41) is 0. The van der Waals surface area contributed by atoms with Gasteiger partial charge in [0.15, 0.2) is 4.77 Å². The van der Waals surface area contributed by atoms with Gasteiger partial charge in [0.1, 0.15) is 0 Å². The molecule has 0 aliphatic heterocycles. The number of rotatable bonds is 1. The Morgan fingerprint density at radius 1 is 1.29 bits per heavy atom. The summed E-state index contributed by atoms with van der Waals surface area (Å²) in [7, 11) is 0. The lowest BCUT2D eigenvalue weighted by molar-refractivity contribution is 0.0855. The average molecular weight is 300 g/mol. The standard InChI is InChI=1S/C18H24N2S/c1-11-6-5-7-13-14(11)20(16(21)19-13)15-17(2,3)12-8-9-18(15,4)10-12/h5-7,12,15H,8-10H2,1-4H3,(H,19,21). The van der Waals surface area contributed by atoms with E-state index in [1.54, 1.807) is 0 Å². The molecule has 1 heterocycles. The number of fused-ring (bicyclic) bond motifs is 3. The van der Waals surface area contributed by atoms with E-state index in [0.717, 1.165) is 10.7 Å². The summed E-state index contributed by atoms with van der Waals surface area (Å²) < 4.78 is 3.35. The molecular weight excluding hydrogens is 276 g/mol. The van der Waals surface area contributed by atoms with Gasteiger partial charge in [-0.15, -0.1) is 0 Å². The fourth-order valence-electron chi connectivity index (χ4n) is 5.52. The van der Waals surface area contributed by atoms with E-state index >= 15 is 0 Å². The first-order valence-electron chi connectivity index (χ1n) is 8.04. The Kier molecular flexibility index (Phi) is 2.59. The van der Waals surface area contributed by atoms with E-state index in [0.29, 0.717) is 16.9 Å². The van der Waals surface area contributed by atoms with Crippen LogP contribution in [0.15, 0.2) is 18.2 Å². The molecule has 3 unspecified atom stereocenters. The number of nitrogens with one attached hydrogen (secondary N) is 1. The number of hydrogen-bond donors (Lipinski definition) is 1. The number of aryl methyl sites for hydroxylation is 1. The van der Waals surface area contributed by atoms with Crippen LogP contribution in [-0.2, 0) is 0 Å². The van der Waals surface area contributed by atoms with Crippen LogP contribution in [0.1, 0.15) is 51.6 Å². The molecule has 112 valence electrons. The number of H-pyrrole nitrogens is 1. The Labute approximate surface area is 131 Å². The minimum Gasteiger partial charge on any atom is -0.331 e. The maximum Gasteiger partial charge on any atom is 0.178 e. The first-order chi connectivity index (χ1) is 9.84. The van der Waals surface area contributed by atoms with E-state index in [2.05, 4.69) is 55.4 Å². The number of aromatic amines is 1. The summed E-state index contributed by atoms with van der Waals surface area (Å²) in [5.41, 5.74) is 4.53. The normalized spacial score (nSPS) is 33.9. The van der Waals surface area contributed by atoms with E-state index in [4.69, 9.17) is 12.2 Å². The maximum atomic E-state index is 5.72. The lowest BCUT2D eigenvalue weighted by Gasteiger charge is -2.43. The zero-order valence-electron chi connectivity index (χ0n) is 13.4. The molecule has 1 N–H and O–H groups in total. The van der Waals surface area contributed by atoms with Crippen LogP contribution in [0, 0.1) is 28.4 Å². The van der Waals surface area contributed by atoms with Gasteiger partial charge in [0.25, 0.3) is 0 Å². The van der Waals surface area contributed by atoms with Crippen LogP contribution in [-0.4, -0.2) is 9.55 Å². The summed E-state index contributed by atoms with van der Waals surface area (Å²) in [6.07, 6.45) is 4.08. The van der Waals surface area contributed by atoms with Gasteiger partial charge in [-0.1, -0.05) is 32.9 Å². The summed E-state index contributed by atoms with van der Waals surface area (Å²) in [5.74, 6) is 0.836. The van der Waals surface area contributed by atoms with Crippen LogP contribution in [0.2, 0.25) is 0 Å². The van der Waals surface area contributed by atoms with Crippen molar-refractivity contribution in [1.82, 2.24) is 9.55 Å². The zero-order valence-corrected chi connectivity index (χ0v) is 14.2. The third-order valence-electron chi connectivity index (χ3n) is 6.39. The highest BCUT2D eigenvalue weighted by Crippen LogP contribution is 2.68. The van der Waals surface area contributed by atoms with Crippen molar-refractivity contribution in [2.24, 2.45) is 16.7 Å². The number of para-hydroxylation sites is 1. The van der Waals surface area contributed by atoms with Gasteiger partial charge in [0, 0.05) is 6.04 Å². The Morgan fingerprint density at radius 2 is 2.05 bits per heavy atom. The minimum absolute atomic E-state index is 0.322. The number of hydrogen-bond acceptors (Lipinski definition) is 1. The first-order valence-corrected chi connectivity index (χ1v) is 8.45.